The molecule has 0 aliphatic rings. The van der Waals surface area contributed by atoms with Crippen LogP contribution in [0.3, 0.4) is 0 Å². The highest BCUT2D eigenvalue weighted by molar-refractivity contribution is 7.90. The van der Waals surface area contributed by atoms with Crippen molar-refractivity contribution in [2.45, 2.75) is 23.6 Å². The lowest BCUT2D eigenvalue weighted by Gasteiger charge is -2.24. The number of aromatic nitrogens is 5. The number of hydrogen-bond acceptors (Lipinski definition) is 10. The first-order valence-electron chi connectivity index (χ1n) is 14.5. The van der Waals surface area contributed by atoms with Crippen molar-refractivity contribution >= 4 is 44.3 Å². The molecule has 6 aromatic rings. The largest absolute Gasteiger partial charge is 0.452 e. The molecular weight excluding hydrogens is 642 g/mol. The SMILES string of the molecule is COC(=O)N(Cc1ccccc1CS(=O)(=O)c1ccccc1)c1c(N)nc(-n2nc(Cc3ccccc3F)c3ncc(F)cc32)nc1N. The van der Waals surface area contributed by atoms with E-state index in [0.717, 1.165) is 18.2 Å². The molecule has 0 radical (unpaired) electrons. The number of ether oxygens (including phenoxy) is 1. The number of methoxy groups -OCH3 is 1. The van der Waals surface area contributed by atoms with Crippen LogP contribution in [0.25, 0.3) is 17.0 Å². The molecule has 3 aromatic heterocycles. The van der Waals surface area contributed by atoms with Crippen molar-refractivity contribution in [3.8, 4) is 5.95 Å². The van der Waals surface area contributed by atoms with Crippen LogP contribution < -0.4 is 16.4 Å². The standard InChI is InChI=1S/C33H28F2N8O4S/c1-47-33(44)42(18-21-10-5-6-11-22(21)19-48(45,46)24-12-3-2-4-13-24)29-30(36)39-32(40-31(29)37)43-27-16-23(34)17-38-28(27)26(41-43)15-20-9-7-8-14-25(20)35/h2-14,16-17H,15,18-19H2,1H3,(H4,36,37,39,40). The van der Waals surface area contributed by atoms with Gasteiger partial charge in [-0.2, -0.15) is 19.7 Å². The van der Waals surface area contributed by atoms with Crippen LogP contribution in [0.15, 0.2) is 96.0 Å². The van der Waals surface area contributed by atoms with Gasteiger partial charge in [-0.05, 0) is 34.9 Å². The maximum Gasteiger partial charge on any atom is 0.414 e. The number of fused-ring (bicyclic) bond motifs is 1. The number of nitrogen functional groups attached to an aromatic ring is 2. The zero-order valence-electron chi connectivity index (χ0n) is 25.4. The fourth-order valence-electron chi connectivity index (χ4n) is 5.26. The molecule has 0 saturated carbocycles. The van der Waals surface area contributed by atoms with Crippen molar-refractivity contribution in [2.24, 2.45) is 0 Å². The highest BCUT2D eigenvalue weighted by atomic mass is 32.2. The number of sulfone groups is 1. The Morgan fingerprint density at radius 3 is 2.19 bits per heavy atom. The van der Waals surface area contributed by atoms with Crippen molar-refractivity contribution in [2.75, 3.05) is 23.5 Å². The Balaban J connectivity index is 1.38. The Bertz CT molecular complexity index is 2240. The van der Waals surface area contributed by atoms with Crippen LogP contribution in [0.2, 0.25) is 0 Å². The lowest BCUT2D eigenvalue weighted by molar-refractivity contribution is 0.178. The van der Waals surface area contributed by atoms with E-state index in [4.69, 9.17) is 16.2 Å². The molecule has 0 spiro atoms. The molecule has 12 nitrogen and oxygen atoms in total. The fourth-order valence-corrected chi connectivity index (χ4v) is 6.69. The van der Waals surface area contributed by atoms with E-state index in [0.29, 0.717) is 22.4 Å². The minimum atomic E-state index is -3.73. The van der Waals surface area contributed by atoms with E-state index >= 15 is 0 Å². The van der Waals surface area contributed by atoms with Gasteiger partial charge >= 0.3 is 6.09 Å². The molecule has 244 valence electrons. The number of carbonyl (C=O) groups is 1. The maximum atomic E-state index is 14.5. The summed E-state index contributed by atoms with van der Waals surface area (Å²) >= 11 is 0. The second kappa shape index (κ2) is 13.0. The quantitative estimate of drug-likeness (QED) is 0.213. The molecule has 4 N–H and O–H groups in total. The second-order valence-electron chi connectivity index (χ2n) is 10.7. The summed E-state index contributed by atoms with van der Waals surface area (Å²) in [5.74, 6) is -2.11. The summed E-state index contributed by atoms with van der Waals surface area (Å²) in [7, 11) is -2.56. The number of hydrogen-bond donors (Lipinski definition) is 2. The smallest absolute Gasteiger partial charge is 0.414 e. The maximum absolute atomic E-state index is 14.5. The Hall–Kier alpha value is -5.96. The van der Waals surface area contributed by atoms with Crippen LogP contribution in [-0.2, 0) is 33.3 Å². The first-order valence-corrected chi connectivity index (χ1v) is 16.1. The zero-order chi connectivity index (χ0) is 34.0. The van der Waals surface area contributed by atoms with E-state index in [2.05, 4.69) is 20.1 Å². The van der Waals surface area contributed by atoms with Crippen LogP contribution in [0, 0.1) is 11.6 Å². The lowest BCUT2D eigenvalue weighted by Crippen LogP contribution is -2.33. The third-order valence-electron chi connectivity index (χ3n) is 7.55. The van der Waals surface area contributed by atoms with Gasteiger partial charge in [0.05, 0.1) is 41.7 Å². The second-order valence-corrected chi connectivity index (χ2v) is 12.7. The van der Waals surface area contributed by atoms with E-state index in [9.17, 15) is 22.0 Å². The molecule has 0 aliphatic carbocycles. The average Bonchev–Trinajstić information content (AvgIpc) is 3.42. The number of nitrogens with zero attached hydrogens (tertiary/aromatic N) is 6. The molecule has 3 heterocycles. The van der Waals surface area contributed by atoms with Gasteiger partial charge in [-0.25, -0.2) is 27.0 Å². The minimum Gasteiger partial charge on any atom is -0.452 e. The molecule has 3 aromatic carbocycles. The van der Waals surface area contributed by atoms with Crippen molar-refractivity contribution in [3.63, 3.8) is 0 Å². The summed E-state index contributed by atoms with van der Waals surface area (Å²) in [6.45, 7) is -0.198. The van der Waals surface area contributed by atoms with Gasteiger partial charge in [0.1, 0.15) is 22.8 Å². The first-order chi connectivity index (χ1) is 23.1. The Labute approximate surface area is 273 Å². The van der Waals surface area contributed by atoms with E-state index in [1.807, 2.05) is 0 Å². The number of anilines is 3. The number of amides is 1. The summed E-state index contributed by atoms with van der Waals surface area (Å²) in [5.41, 5.74) is 14.7. The van der Waals surface area contributed by atoms with Crippen LogP contribution in [0.1, 0.15) is 22.4 Å². The molecule has 0 saturated heterocycles. The normalized spacial score (nSPS) is 11.5. The predicted octanol–water partition coefficient (Wildman–Crippen LogP) is 4.99. The molecule has 0 fully saturated rings. The molecule has 0 aliphatic heterocycles. The van der Waals surface area contributed by atoms with Crippen LogP contribution >= 0.6 is 0 Å². The average molecular weight is 671 g/mol. The third-order valence-corrected chi connectivity index (χ3v) is 9.23. The first kappa shape index (κ1) is 32.0. The number of rotatable bonds is 9. The van der Waals surface area contributed by atoms with Crippen LogP contribution in [0.4, 0.5) is 30.9 Å². The number of halogens is 2. The lowest BCUT2D eigenvalue weighted by atomic mass is 10.1. The van der Waals surface area contributed by atoms with Crippen molar-refractivity contribution in [3.05, 3.63) is 125 Å². The van der Waals surface area contributed by atoms with Gasteiger partial charge in [0.15, 0.2) is 21.5 Å². The zero-order valence-corrected chi connectivity index (χ0v) is 26.2. The number of carbonyl (C=O) groups excluding carboxylic acids is 1. The van der Waals surface area contributed by atoms with E-state index in [1.165, 1.54) is 28.9 Å². The molecule has 0 bridgehead atoms. The van der Waals surface area contributed by atoms with Gasteiger partial charge in [-0.1, -0.05) is 60.7 Å². The van der Waals surface area contributed by atoms with Gasteiger partial charge in [0.25, 0.3) is 5.95 Å². The van der Waals surface area contributed by atoms with Crippen LogP contribution in [-0.4, -0.2) is 46.4 Å². The van der Waals surface area contributed by atoms with Gasteiger partial charge in [0.2, 0.25) is 0 Å². The monoisotopic (exact) mass is 670 g/mol. The summed E-state index contributed by atoms with van der Waals surface area (Å²) in [6.07, 6.45) is 0.185. The highest BCUT2D eigenvalue weighted by Gasteiger charge is 2.27. The van der Waals surface area contributed by atoms with Gasteiger partial charge in [0, 0.05) is 12.5 Å². The van der Waals surface area contributed by atoms with Crippen molar-refractivity contribution in [1.29, 1.82) is 0 Å². The van der Waals surface area contributed by atoms with Crippen molar-refractivity contribution in [1.82, 2.24) is 24.7 Å². The number of pyridine rings is 1. The summed E-state index contributed by atoms with van der Waals surface area (Å²) in [5, 5.41) is 4.51. The summed E-state index contributed by atoms with van der Waals surface area (Å²) in [4.78, 5) is 27.2. The molecule has 0 unspecified atom stereocenters. The van der Waals surface area contributed by atoms with Gasteiger partial charge in [-0.15, -0.1) is 0 Å². The third kappa shape index (κ3) is 6.35. The number of nitrogens with two attached hydrogens (primary N) is 2. The van der Waals surface area contributed by atoms with Crippen molar-refractivity contribution < 1.29 is 26.7 Å². The molecular formula is C33H28F2N8O4S. The topological polar surface area (TPSA) is 172 Å². The molecule has 15 heteroatoms. The number of benzene rings is 3. The van der Waals surface area contributed by atoms with Gasteiger partial charge in [-0.3, -0.25) is 4.90 Å². The highest BCUT2D eigenvalue weighted by Crippen LogP contribution is 2.32. The molecule has 1 amide bonds. The van der Waals surface area contributed by atoms with E-state index < -0.39 is 27.6 Å². The molecule has 48 heavy (non-hydrogen) atoms. The predicted molar refractivity (Wildman–Crippen MR) is 175 cm³/mol. The van der Waals surface area contributed by atoms with Crippen LogP contribution in [0.5, 0.6) is 0 Å². The Morgan fingerprint density at radius 2 is 1.52 bits per heavy atom. The molecule has 6 rings (SSSR count). The summed E-state index contributed by atoms with van der Waals surface area (Å²) < 4.78 is 61.5. The summed E-state index contributed by atoms with van der Waals surface area (Å²) in [6, 6.07) is 22.0. The van der Waals surface area contributed by atoms with Gasteiger partial charge < -0.3 is 16.2 Å². The molecule has 0 atom stereocenters. The van der Waals surface area contributed by atoms with E-state index in [1.54, 1.807) is 60.7 Å². The Kier molecular flexibility index (Phi) is 8.69. The Morgan fingerprint density at radius 1 is 0.896 bits per heavy atom. The fraction of sp³-hybridized carbons (Fsp3) is 0.121. The van der Waals surface area contributed by atoms with E-state index in [-0.39, 0.29) is 57.9 Å². The minimum absolute atomic E-state index is 0.0351.